The van der Waals surface area contributed by atoms with Crippen LogP contribution in [0.4, 0.5) is 0 Å². The Morgan fingerprint density at radius 2 is 0.780 bits per heavy atom. The molecule has 0 aromatic carbocycles. The third kappa shape index (κ3) is 38.9. The van der Waals surface area contributed by atoms with Crippen molar-refractivity contribution in [3.05, 3.63) is 36.5 Å². The van der Waals surface area contributed by atoms with E-state index < -0.39 is 6.10 Å². The minimum absolute atomic E-state index is 0.0886. The van der Waals surface area contributed by atoms with E-state index in [1.165, 1.54) is 141 Å². The van der Waals surface area contributed by atoms with Crippen LogP contribution in [0.1, 0.15) is 219 Å². The smallest absolute Gasteiger partial charge is 0.306 e. The highest BCUT2D eigenvalue weighted by Crippen LogP contribution is 2.14. The van der Waals surface area contributed by atoms with Gasteiger partial charge in [0.05, 0.1) is 6.61 Å². The van der Waals surface area contributed by atoms with Crippen LogP contribution in [-0.4, -0.2) is 36.4 Å². The predicted octanol–water partition coefficient (Wildman–Crippen LogP) is 13.6. The van der Waals surface area contributed by atoms with Crippen LogP contribution in [0.5, 0.6) is 0 Å². The van der Waals surface area contributed by atoms with E-state index in [0.717, 1.165) is 51.4 Å². The van der Waals surface area contributed by atoms with Gasteiger partial charge in [-0.25, -0.2) is 0 Å². The summed E-state index contributed by atoms with van der Waals surface area (Å²) in [6.07, 6.45) is 50.9. The molecule has 0 saturated heterocycles. The van der Waals surface area contributed by atoms with Gasteiger partial charge in [-0.1, -0.05) is 172 Å². The van der Waals surface area contributed by atoms with Crippen molar-refractivity contribution in [3.8, 4) is 0 Å². The minimum Gasteiger partial charge on any atom is -0.462 e. The molecule has 1 N–H and O–H groups in total. The van der Waals surface area contributed by atoms with Gasteiger partial charge >= 0.3 is 11.9 Å². The maximum atomic E-state index is 12.1. The highest BCUT2D eigenvalue weighted by Gasteiger charge is 2.16. The first-order valence-electron chi connectivity index (χ1n) is 21.5. The molecule has 50 heavy (non-hydrogen) atoms. The van der Waals surface area contributed by atoms with Gasteiger partial charge in [0.15, 0.2) is 6.10 Å². The second kappa shape index (κ2) is 41.5. The molecule has 0 fully saturated rings. The topological polar surface area (TPSA) is 72.8 Å². The fourth-order valence-electron chi connectivity index (χ4n) is 6.10. The van der Waals surface area contributed by atoms with E-state index in [9.17, 15) is 14.7 Å². The molecule has 0 aromatic heterocycles. The maximum absolute atomic E-state index is 12.1. The molecule has 0 aliphatic rings. The number of allylic oxidation sites excluding steroid dienone is 6. The second-order valence-electron chi connectivity index (χ2n) is 14.4. The molecule has 0 amide bonds. The monoisotopic (exact) mass is 703 g/mol. The van der Waals surface area contributed by atoms with Crippen molar-refractivity contribution in [2.45, 2.75) is 225 Å². The Hall–Kier alpha value is -1.88. The zero-order valence-corrected chi connectivity index (χ0v) is 33.2. The molecule has 0 spiro atoms. The Kier molecular flexibility index (Phi) is 40.0. The molecule has 0 aliphatic heterocycles. The number of aliphatic hydroxyl groups excluding tert-OH is 1. The highest BCUT2D eigenvalue weighted by atomic mass is 16.6. The fourth-order valence-corrected chi connectivity index (χ4v) is 6.10. The lowest BCUT2D eigenvalue weighted by Crippen LogP contribution is -2.28. The molecular formula is C45H82O5. The van der Waals surface area contributed by atoms with Gasteiger partial charge in [-0.15, -0.1) is 0 Å². The molecule has 0 unspecified atom stereocenters. The molecular weight excluding hydrogens is 620 g/mol. The average Bonchev–Trinajstić information content (AvgIpc) is 3.12. The van der Waals surface area contributed by atoms with Crippen LogP contribution < -0.4 is 0 Å². The summed E-state index contributed by atoms with van der Waals surface area (Å²) in [4.78, 5) is 24.2. The van der Waals surface area contributed by atoms with E-state index in [0.29, 0.717) is 12.8 Å². The number of carbonyl (C=O) groups excluding carboxylic acids is 2. The number of ether oxygens (including phenoxy) is 2. The molecule has 0 aromatic rings. The molecule has 292 valence electrons. The number of unbranched alkanes of at least 4 members (excludes halogenated alkanes) is 25. The van der Waals surface area contributed by atoms with Crippen LogP contribution in [-0.2, 0) is 19.1 Å². The van der Waals surface area contributed by atoms with Crippen molar-refractivity contribution in [3.63, 3.8) is 0 Å². The Labute approximate surface area is 310 Å². The summed E-state index contributed by atoms with van der Waals surface area (Å²) >= 11 is 0. The largest absolute Gasteiger partial charge is 0.462 e. The lowest BCUT2D eigenvalue weighted by molar-refractivity contribution is -0.161. The van der Waals surface area contributed by atoms with E-state index in [1.54, 1.807) is 0 Å². The van der Waals surface area contributed by atoms with Crippen molar-refractivity contribution in [2.75, 3.05) is 13.2 Å². The number of rotatable bonds is 39. The zero-order chi connectivity index (χ0) is 36.4. The van der Waals surface area contributed by atoms with Crippen LogP contribution in [0, 0.1) is 0 Å². The summed E-state index contributed by atoms with van der Waals surface area (Å²) in [5, 5.41) is 9.55. The summed E-state index contributed by atoms with van der Waals surface area (Å²) in [6.45, 7) is 4.09. The van der Waals surface area contributed by atoms with Crippen LogP contribution >= 0.6 is 0 Å². The number of esters is 2. The Morgan fingerprint density at radius 3 is 1.22 bits per heavy atom. The first kappa shape index (κ1) is 48.1. The van der Waals surface area contributed by atoms with Crippen molar-refractivity contribution < 1.29 is 24.2 Å². The van der Waals surface area contributed by atoms with Gasteiger partial charge in [0, 0.05) is 12.8 Å². The van der Waals surface area contributed by atoms with E-state index in [4.69, 9.17) is 9.47 Å². The first-order valence-corrected chi connectivity index (χ1v) is 21.5. The van der Waals surface area contributed by atoms with Gasteiger partial charge in [-0.3, -0.25) is 9.59 Å². The predicted molar refractivity (Wildman–Crippen MR) is 214 cm³/mol. The summed E-state index contributed by atoms with van der Waals surface area (Å²) in [7, 11) is 0. The maximum Gasteiger partial charge on any atom is 0.306 e. The van der Waals surface area contributed by atoms with E-state index >= 15 is 0 Å². The van der Waals surface area contributed by atoms with Crippen molar-refractivity contribution in [2.24, 2.45) is 0 Å². The standard InChI is InChI=1S/C45H82O5/c1-3-5-7-9-11-13-15-17-18-19-20-21-22-23-24-25-26-28-29-31-33-35-37-39-44(47)49-42-43(41-46)50-45(48)40-38-36-34-32-30-27-16-14-12-10-8-6-4-2/h14,16,25-26,31,33,43,46H,3-13,15,17-24,27-30,32,34-42H2,1-2H3/b16-14+,26-25+,33-31+/t43-/m0/s1. The molecule has 0 radical (unpaired) electrons. The van der Waals surface area contributed by atoms with Gasteiger partial charge < -0.3 is 14.6 Å². The van der Waals surface area contributed by atoms with Crippen molar-refractivity contribution >= 4 is 11.9 Å². The second-order valence-corrected chi connectivity index (χ2v) is 14.4. The molecule has 1 atom stereocenters. The van der Waals surface area contributed by atoms with E-state index in [2.05, 4.69) is 50.3 Å². The number of aliphatic hydroxyl groups is 1. The average molecular weight is 703 g/mol. The summed E-state index contributed by atoms with van der Waals surface area (Å²) in [5.41, 5.74) is 0. The van der Waals surface area contributed by atoms with Crippen LogP contribution in [0.15, 0.2) is 36.5 Å². The number of hydrogen-bond donors (Lipinski definition) is 1. The minimum atomic E-state index is -0.789. The lowest BCUT2D eigenvalue weighted by atomic mass is 10.0. The first-order chi connectivity index (χ1) is 24.6. The molecule has 0 rings (SSSR count). The van der Waals surface area contributed by atoms with Crippen LogP contribution in [0.2, 0.25) is 0 Å². The van der Waals surface area contributed by atoms with Crippen molar-refractivity contribution in [1.82, 2.24) is 0 Å². The third-order valence-electron chi connectivity index (χ3n) is 9.38. The summed E-state index contributed by atoms with van der Waals surface area (Å²) < 4.78 is 10.6. The molecule has 0 saturated carbocycles. The van der Waals surface area contributed by atoms with E-state index in [1.807, 2.05) is 0 Å². The molecule has 0 heterocycles. The molecule has 5 heteroatoms. The Bertz CT molecular complexity index is 801. The quantitative estimate of drug-likeness (QED) is 0.0392. The van der Waals surface area contributed by atoms with Crippen molar-refractivity contribution in [1.29, 1.82) is 0 Å². The number of carbonyl (C=O) groups is 2. The highest BCUT2D eigenvalue weighted by molar-refractivity contribution is 5.70. The van der Waals surface area contributed by atoms with Gasteiger partial charge in [-0.05, 0) is 70.6 Å². The van der Waals surface area contributed by atoms with Gasteiger partial charge in [0.1, 0.15) is 6.61 Å². The fraction of sp³-hybridized carbons (Fsp3) is 0.822. The van der Waals surface area contributed by atoms with Gasteiger partial charge in [0.2, 0.25) is 0 Å². The SMILES string of the molecule is CCCCCC/C=C/CCCCCCCC(=O)O[C@@H](CO)COC(=O)CCC/C=C/CC/C=C/CCCCCCCCCCCCCCCC. The summed E-state index contributed by atoms with van der Waals surface area (Å²) in [6, 6.07) is 0. The Balaban J connectivity index is 3.57. The van der Waals surface area contributed by atoms with Gasteiger partial charge in [0.25, 0.3) is 0 Å². The van der Waals surface area contributed by atoms with Crippen LogP contribution in [0.25, 0.3) is 0 Å². The van der Waals surface area contributed by atoms with Gasteiger partial charge in [-0.2, -0.15) is 0 Å². The third-order valence-corrected chi connectivity index (χ3v) is 9.38. The summed E-state index contributed by atoms with van der Waals surface area (Å²) in [5.74, 6) is -0.647. The molecule has 5 nitrogen and oxygen atoms in total. The normalized spacial score (nSPS) is 12.5. The lowest BCUT2D eigenvalue weighted by Gasteiger charge is -2.15. The molecule has 0 bridgehead atoms. The van der Waals surface area contributed by atoms with Crippen LogP contribution in [0.3, 0.4) is 0 Å². The zero-order valence-electron chi connectivity index (χ0n) is 33.2. The number of hydrogen-bond acceptors (Lipinski definition) is 5. The Morgan fingerprint density at radius 1 is 0.440 bits per heavy atom. The van der Waals surface area contributed by atoms with E-state index in [-0.39, 0.29) is 25.2 Å². The molecule has 0 aliphatic carbocycles.